The molecule has 2 aromatic heterocycles. The van der Waals surface area contributed by atoms with Gasteiger partial charge in [0, 0.05) is 24.5 Å². The molecule has 0 bridgehead atoms. The van der Waals surface area contributed by atoms with Crippen molar-refractivity contribution >= 4 is 29.1 Å². The van der Waals surface area contributed by atoms with Gasteiger partial charge in [-0.25, -0.2) is 9.48 Å². The van der Waals surface area contributed by atoms with Crippen LogP contribution in [0.2, 0.25) is 5.02 Å². The molecule has 3 rings (SSSR count). The molecule has 0 aliphatic rings. The number of hydrogen-bond donors (Lipinski definition) is 3. The van der Waals surface area contributed by atoms with Crippen molar-refractivity contribution in [1.82, 2.24) is 25.3 Å². The highest BCUT2D eigenvalue weighted by Gasteiger charge is 2.33. The number of nitrogens with one attached hydrogen (secondary N) is 3. The maximum atomic E-state index is 12.9. The molecule has 3 aromatic rings. The van der Waals surface area contributed by atoms with Gasteiger partial charge in [-0.05, 0) is 50.2 Å². The number of urea groups is 1. The van der Waals surface area contributed by atoms with Crippen LogP contribution in [0.15, 0.2) is 36.4 Å². The number of hydrogen-bond acceptors (Lipinski definition) is 5. The second-order valence-electron chi connectivity index (χ2n) is 6.62. The number of aromatic nitrogens is 4. The van der Waals surface area contributed by atoms with E-state index in [-0.39, 0.29) is 12.2 Å². The molecule has 1 aromatic carbocycles. The van der Waals surface area contributed by atoms with Gasteiger partial charge in [-0.3, -0.25) is 0 Å². The van der Waals surface area contributed by atoms with E-state index in [0.29, 0.717) is 18.2 Å². The van der Waals surface area contributed by atoms with E-state index in [2.05, 4.69) is 31.2 Å². The van der Waals surface area contributed by atoms with E-state index in [1.54, 1.807) is 16.8 Å². The molecule has 0 fully saturated rings. The Morgan fingerprint density at radius 2 is 1.87 bits per heavy atom. The quantitative estimate of drug-likeness (QED) is 0.486. The third kappa shape index (κ3) is 5.85. The van der Waals surface area contributed by atoms with Crippen LogP contribution in [-0.4, -0.2) is 39.1 Å². The summed E-state index contributed by atoms with van der Waals surface area (Å²) in [6.07, 6.45) is -4.61. The van der Waals surface area contributed by atoms with Gasteiger partial charge in [0.1, 0.15) is 5.82 Å². The van der Waals surface area contributed by atoms with E-state index in [0.717, 1.165) is 23.5 Å². The Morgan fingerprint density at radius 1 is 1.10 bits per heavy atom. The summed E-state index contributed by atoms with van der Waals surface area (Å²) in [5.41, 5.74) is 0.772. The fraction of sp³-hybridized carbons (Fsp3) is 0.263. The standard InChI is InChI=1S/C19H19ClF3N7O/c1-11-9-12(2)30(29-11)17-6-5-16(27-28-17)24-7-8-25-18(31)26-13-3-4-15(20)14(10-13)19(21,22)23/h3-6,9-10H,7-8H2,1-2H3,(H,24,27)(H2,25,26,31). The van der Waals surface area contributed by atoms with Crippen LogP contribution in [0.25, 0.3) is 5.82 Å². The molecule has 0 atom stereocenters. The zero-order valence-electron chi connectivity index (χ0n) is 16.6. The molecule has 0 unspecified atom stereocenters. The van der Waals surface area contributed by atoms with Gasteiger partial charge < -0.3 is 16.0 Å². The van der Waals surface area contributed by atoms with Crippen molar-refractivity contribution in [1.29, 1.82) is 0 Å². The highest BCUT2D eigenvalue weighted by molar-refractivity contribution is 6.31. The number of anilines is 2. The first-order valence-electron chi connectivity index (χ1n) is 9.16. The number of benzene rings is 1. The summed E-state index contributed by atoms with van der Waals surface area (Å²) in [6, 6.07) is 7.91. The lowest BCUT2D eigenvalue weighted by molar-refractivity contribution is -0.137. The molecule has 12 heteroatoms. The van der Waals surface area contributed by atoms with Gasteiger partial charge in [0.2, 0.25) is 0 Å². The van der Waals surface area contributed by atoms with Crippen LogP contribution < -0.4 is 16.0 Å². The largest absolute Gasteiger partial charge is 0.417 e. The Labute approximate surface area is 180 Å². The Balaban J connectivity index is 1.47. The van der Waals surface area contributed by atoms with E-state index < -0.39 is 22.8 Å². The van der Waals surface area contributed by atoms with Gasteiger partial charge >= 0.3 is 12.2 Å². The van der Waals surface area contributed by atoms with Crippen LogP contribution in [0.1, 0.15) is 17.0 Å². The predicted octanol–water partition coefficient (Wildman–Crippen LogP) is 4.18. The normalized spacial score (nSPS) is 11.3. The zero-order valence-corrected chi connectivity index (χ0v) is 17.3. The summed E-state index contributed by atoms with van der Waals surface area (Å²) in [5, 5.41) is 19.9. The van der Waals surface area contributed by atoms with Gasteiger partial charge in [0.25, 0.3) is 0 Å². The molecular formula is C19H19ClF3N7O. The van der Waals surface area contributed by atoms with E-state index in [9.17, 15) is 18.0 Å². The van der Waals surface area contributed by atoms with Crippen molar-refractivity contribution in [3.63, 3.8) is 0 Å². The smallest absolute Gasteiger partial charge is 0.367 e. The number of amides is 2. The molecule has 2 heterocycles. The van der Waals surface area contributed by atoms with Crippen LogP contribution in [-0.2, 0) is 6.18 Å². The van der Waals surface area contributed by atoms with Crippen molar-refractivity contribution in [2.45, 2.75) is 20.0 Å². The Kier molecular flexibility index (Phi) is 6.64. The topological polar surface area (TPSA) is 96.8 Å². The van der Waals surface area contributed by atoms with Crippen LogP contribution >= 0.6 is 11.6 Å². The first-order chi connectivity index (χ1) is 14.6. The molecule has 164 valence electrons. The molecule has 8 nitrogen and oxygen atoms in total. The average Bonchev–Trinajstić information content (AvgIpc) is 3.04. The molecule has 0 aliphatic carbocycles. The fourth-order valence-corrected chi connectivity index (χ4v) is 2.98. The monoisotopic (exact) mass is 453 g/mol. The van der Waals surface area contributed by atoms with E-state index in [1.807, 2.05) is 19.9 Å². The van der Waals surface area contributed by atoms with Gasteiger partial charge in [-0.15, -0.1) is 10.2 Å². The lowest BCUT2D eigenvalue weighted by Crippen LogP contribution is -2.32. The van der Waals surface area contributed by atoms with E-state index in [1.165, 1.54) is 6.07 Å². The summed E-state index contributed by atoms with van der Waals surface area (Å²) in [7, 11) is 0. The highest BCUT2D eigenvalue weighted by atomic mass is 35.5. The summed E-state index contributed by atoms with van der Waals surface area (Å²) in [4.78, 5) is 11.9. The zero-order chi connectivity index (χ0) is 22.6. The number of carbonyl (C=O) groups is 1. The van der Waals surface area contributed by atoms with Crippen molar-refractivity contribution in [3.8, 4) is 5.82 Å². The number of rotatable bonds is 6. The molecule has 0 saturated heterocycles. The van der Waals surface area contributed by atoms with Crippen molar-refractivity contribution in [2.75, 3.05) is 23.7 Å². The van der Waals surface area contributed by atoms with Gasteiger partial charge in [-0.2, -0.15) is 18.3 Å². The molecule has 2 amide bonds. The van der Waals surface area contributed by atoms with Crippen LogP contribution in [0, 0.1) is 13.8 Å². The lowest BCUT2D eigenvalue weighted by Gasteiger charge is -2.12. The third-order valence-electron chi connectivity index (χ3n) is 4.12. The van der Waals surface area contributed by atoms with Crippen molar-refractivity contribution in [3.05, 3.63) is 58.4 Å². The van der Waals surface area contributed by atoms with Crippen molar-refractivity contribution < 1.29 is 18.0 Å². The minimum absolute atomic E-state index is 0.0206. The van der Waals surface area contributed by atoms with Crippen LogP contribution in [0.4, 0.5) is 29.5 Å². The predicted molar refractivity (Wildman–Crippen MR) is 111 cm³/mol. The summed E-state index contributed by atoms with van der Waals surface area (Å²) in [5.74, 6) is 1.08. The van der Waals surface area contributed by atoms with Gasteiger partial charge in [0.05, 0.1) is 16.3 Å². The summed E-state index contributed by atoms with van der Waals surface area (Å²) in [6.45, 7) is 4.33. The minimum Gasteiger partial charge on any atom is -0.367 e. The molecule has 3 N–H and O–H groups in total. The number of carbonyl (C=O) groups excluding carboxylic acids is 1. The van der Waals surface area contributed by atoms with Gasteiger partial charge in [-0.1, -0.05) is 11.6 Å². The van der Waals surface area contributed by atoms with Crippen LogP contribution in [0.3, 0.4) is 0 Å². The third-order valence-corrected chi connectivity index (χ3v) is 4.45. The molecule has 0 aliphatic heterocycles. The summed E-state index contributed by atoms with van der Waals surface area (Å²) >= 11 is 5.56. The Hall–Kier alpha value is -3.34. The first kappa shape index (κ1) is 22.3. The van der Waals surface area contributed by atoms with Crippen LogP contribution in [0.5, 0.6) is 0 Å². The first-order valence-corrected chi connectivity index (χ1v) is 9.54. The molecule has 0 saturated carbocycles. The number of aryl methyl sites for hydroxylation is 2. The lowest BCUT2D eigenvalue weighted by atomic mass is 10.2. The number of nitrogens with zero attached hydrogens (tertiary/aromatic N) is 4. The highest BCUT2D eigenvalue weighted by Crippen LogP contribution is 2.36. The SMILES string of the molecule is Cc1cc(C)n(-c2ccc(NCCNC(=O)Nc3ccc(Cl)c(C(F)(F)F)c3)nn2)n1. The maximum absolute atomic E-state index is 12.9. The minimum atomic E-state index is -4.61. The Morgan fingerprint density at radius 3 is 2.48 bits per heavy atom. The average molecular weight is 454 g/mol. The number of halogens is 4. The molecule has 0 spiro atoms. The molecule has 0 radical (unpaired) electrons. The van der Waals surface area contributed by atoms with Crippen molar-refractivity contribution in [2.24, 2.45) is 0 Å². The molecule has 31 heavy (non-hydrogen) atoms. The fourth-order valence-electron chi connectivity index (χ4n) is 2.76. The number of alkyl halides is 3. The second kappa shape index (κ2) is 9.21. The van der Waals surface area contributed by atoms with E-state index in [4.69, 9.17) is 11.6 Å². The second-order valence-corrected chi connectivity index (χ2v) is 7.02. The Bertz CT molecular complexity index is 1070. The maximum Gasteiger partial charge on any atom is 0.417 e. The molecular weight excluding hydrogens is 435 g/mol. The van der Waals surface area contributed by atoms with E-state index >= 15 is 0 Å². The van der Waals surface area contributed by atoms with Gasteiger partial charge in [0.15, 0.2) is 5.82 Å². The summed E-state index contributed by atoms with van der Waals surface area (Å²) < 4.78 is 40.3.